The van der Waals surface area contributed by atoms with E-state index >= 15 is 0 Å². The topological polar surface area (TPSA) is 0 Å². The molecule has 0 spiro atoms. The minimum atomic E-state index is 0.938. The van der Waals surface area contributed by atoms with Crippen LogP contribution in [0.15, 0.2) is 0 Å². The van der Waals surface area contributed by atoms with Gasteiger partial charge in [0.1, 0.15) is 0 Å². The quantitative estimate of drug-likeness (QED) is 0.578. The molecule has 0 heterocycles. The van der Waals surface area contributed by atoms with Gasteiger partial charge in [-0.3, -0.25) is 0 Å². The molecule has 0 aliphatic heterocycles. The van der Waals surface area contributed by atoms with Gasteiger partial charge >= 0.3 is 0 Å². The standard InChI is InChI=1S/C11H21/c1-3-7-10(2)11-8-5-4-6-9-11/h10-11H,1,3-9H2,2H3/t10-/m0/s1. The molecule has 0 aromatic carbocycles. The molecule has 1 aliphatic rings. The molecule has 11 heavy (non-hydrogen) atoms. The second-order valence-corrected chi connectivity index (χ2v) is 4.02. The van der Waals surface area contributed by atoms with Crippen molar-refractivity contribution in [2.75, 3.05) is 0 Å². The fourth-order valence-electron chi connectivity index (χ4n) is 2.26. The fraction of sp³-hybridized carbons (Fsp3) is 0.909. The Hall–Kier alpha value is 0. The van der Waals surface area contributed by atoms with Gasteiger partial charge < -0.3 is 0 Å². The molecule has 0 bridgehead atoms. The molecule has 65 valence electrons. The molecule has 1 saturated carbocycles. The maximum atomic E-state index is 3.92. The van der Waals surface area contributed by atoms with Crippen molar-refractivity contribution in [3.8, 4) is 0 Å². The minimum absolute atomic E-state index is 0.938. The lowest BCUT2D eigenvalue weighted by atomic mass is 9.79. The van der Waals surface area contributed by atoms with E-state index in [0.29, 0.717) is 0 Å². The zero-order chi connectivity index (χ0) is 8.10. The summed E-state index contributed by atoms with van der Waals surface area (Å²) in [6, 6.07) is 0. The summed E-state index contributed by atoms with van der Waals surface area (Å²) in [7, 11) is 0. The first-order valence-corrected chi connectivity index (χ1v) is 5.14. The van der Waals surface area contributed by atoms with E-state index in [9.17, 15) is 0 Å². The monoisotopic (exact) mass is 153 g/mol. The number of rotatable bonds is 3. The van der Waals surface area contributed by atoms with E-state index in [-0.39, 0.29) is 0 Å². The molecule has 1 fully saturated rings. The Bertz CT molecular complexity index is 90.2. The van der Waals surface area contributed by atoms with Crippen LogP contribution in [-0.2, 0) is 0 Å². The molecule has 1 aliphatic carbocycles. The van der Waals surface area contributed by atoms with E-state index in [0.717, 1.165) is 18.3 Å². The van der Waals surface area contributed by atoms with Gasteiger partial charge in [0.15, 0.2) is 0 Å². The highest BCUT2D eigenvalue weighted by Crippen LogP contribution is 2.31. The SMILES string of the molecule is [CH2]CC[C@H](C)C1CCCCC1. The van der Waals surface area contributed by atoms with Gasteiger partial charge in [0.05, 0.1) is 0 Å². The molecule has 0 amide bonds. The zero-order valence-electron chi connectivity index (χ0n) is 7.81. The molecular formula is C11H21. The van der Waals surface area contributed by atoms with Crippen LogP contribution < -0.4 is 0 Å². The van der Waals surface area contributed by atoms with Crippen molar-refractivity contribution in [1.29, 1.82) is 0 Å². The van der Waals surface area contributed by atoms with Crippen LogP contribution in [0.3, 0.4) is 0 Å². The first-order valence-electron chi connectivity index (χ1n) is 5.14. The van der Waals surface area contributed by atoms with E-state index < -0.39 is 0 Å². The van der Waals surface area contributed by atoms with Gasteiger partial charge in [-0.05, 0) is 11.8 Å². The highest BCUT2D eigenvalue weighted by molar-refractivity contribution is 4.71. The largest absolute Gasteiger partial charge is 0.0622 e. The summed E-state index contributed by atoms with van der Waals surface area (Å²) in [6.45, 7) is 6.32. The molecule has 0 unspecified atom stereocenters. The fourth-order valence-corrected chi connectivity index (χ4v) is 2.26. The lowest BCUT2D eigenvalue weighted by Gasteiger charge is -2.27. The first kappa shape index (κ1) is 9.09. The smallest absolute Gasteiger partial charge is 0.0388 e. The maximum absolute atomic E-state index is 3.92. The summed E-state index contributed by atoms with van der Waals surface area (Å²) in [6.07, 6.45) is 9.87. The average Bonchev–Trinajstić information content (AvgIpc) is 2.07. The molecule has 0 heteroatoms. The molecule has 1 atom stereocenters. The lowest BCUT2D eigenvalue weighted by Crippen LogP contribution is -2.14. The molecule has 0 nitrogen and oxygen atoms in total. The Balaban J connectivity index is 2.21. The Morgan fingerprint density at radius 2 is 1.91 bits per heavy atom. The molecule has 1 rings (SSSR count). The Morgan fingerprint density at radius 1 is 1.27 bits per heavy atom. The Morgan fingerprint density at radius 3 is 2.45 bits per heavy atom. The number of hydrogen-bond acceptors (Lipinski definition) is 0. The first-order chi connectivity index (χ1) is 5.34. The number of hydrogen-bond donors (Lipinski definition) is 0. The molecular weight excluding hydrogens is 132 g/mol. The zero-order valence-corrected chi connectivity index (χ0v) is 7.81. The summed E-state index contributed by atoms with van der Waals surface area (Å²) in [5.41, 5.74) is 0. The summed E-state index contributed by atoms with van der Waals surface area (Å²) in [4.78, 5) is 0. The van der Waals surface area contributed by atoms with Crippen LogP contribution >= 0.6 is 0 Å². The van der Waals surface area contributed by atoms with Crippen LogP contribution in [0.1, 0.15) is 51.9 Å². The maximum Gasteiger partial charge on any atom is -0.0388 e. The van der Waals surface area contributed by atoms with Crippen LogP contribution in [0.4, 0.5) is 0 Å². The van der Waals surface area contributed by atoms with Gasteiger partial charge in [-0.15, -0.1) is 0 Å². The highest BCUT2D eigenvalue weighted by Gasteiger charge is 2.18. The lowest BCUT2D eigenvalue weighted by molar-refractivity contribution is 0.253. The molecule has 0 aromatic rings. The van der Waals surface area contributed by atoms with Gasteiger partial charge in [0, 0.05) is 0 Å². The molecule has 0 N–H and O–H groups in total. The molecule has 1 radical (unpaired) electrons. The summed E-state index contributed by atoms with van der Waals surface area (Å²) < 4.78 is 0. The van der Waals surface area contributed by atoms with Crippen molar-refractivity contribution < 1.29 is 0 Å². The second kappa shape index (κ2) is 4.79. The van der Waals surface area contributed by atoms with E-state index in [4.69, 9.17) is 0 Å². The van der Waals surface area contributed by atoms with Crippen molar-refractivity contribution in [3.05, 3.63) is 6.92 Å². The second-order valence-electron chi connectivity index (χ2n) is 4.02. The van der Waals surface area contributed by atoms with Crippen LogP contribution in [0.5, 0.6) is 0 Å². The minimum Gasteiger partial charge on any atom is -0.0622 e. The summed E-state index contributed by atoms with van der Waals surface area (Å²) in [5, 5.41) is 0. The van der Waals surface area contributed by atoms with Crippen molar-refractivity contribution in [1.82, 2.24) is 0 Å². The van der Waals surface area contributed by atoms with E-state index in [1.54, 1.807) is 0 Å². The predicted molar refractivity (Wildman–Crippen MR) is 50.3 cm³/mol. The summed E-state index contributed by atoms with van der Waals surface area (Å²) >= 11 is 0. The van der Waals surface area contributed by atoms with E-state index in [1.807, 2.05) is 0 Å². The third-order valence-corrected chi connectivity index (χ3v) is 3.11. The Labute approximate surface area is 71.4 Å². The van der Waals surface area contributed by atoms with Crippen molar-refractivity contribution in [2.24, 2.45) is 11.8 Å². The molecule has 0 saturated heterocycles. The van der Waals surface area contributed by atoms with E-state index in [2.05, 4.69) is 13.8 Å². The van der Waals surface area contributed by atoms with Gasteiger partial charge in [0.2, 0.25) is 0 Å². The predicted octanol–water partition coefficient (Wildman–Crippen LogP) is 3.82. The van der Waals surface area contributed by atoms with E-state index in [1.165, 1.54) is 38.5 Å². The van der Waals surface area contributed by atoms with Crippen LogP contribution in [-0.4, -0.2) is 0 Å². The highest BCUT2D eigenvalue weighted by atomic mass is 14.2. The van der Waals surface area contributed by atoms with Crippen LogP contribution in [0, 0.1) is 18.8 Å². The van der Waals surface area contributed by atoms with Gasteiger partial charge in [-0.25, -0.2) is 0 Å². The molecule has 0 aromatic heterocycles. The van der Waals surface area contributed by atoms with Crippen molar-refractivity contribution in [3.63, 3.8) is 0 Å². The van der Waals surface area contributed by atoms with Crippen molar-refractivity contribution >= 4 is 0 Å². The third-order valence-electron chi connectivity index (χ3n) is 3.11. The average molecular weight is 153 g/mol. The van der Waals surface area contributed by atoms with Gasteiger partial charge in [0.25, 0.3) is 0 Å². The third kappa shape index (κ3) is 2.84. The van der Waals surface area contributed by atoms with Crippen molar-refractivity contribution in [2.45, 2.75) is 51.9 Å². The normalized spacial score (nSPS) is 23.5. The van der Waals surface area contributed by atoms with Crippen LogP contribution in [0.25, 0.3) is 0 Å². The van der Waals surface area contributed by atoms with Gasteiger partial charge in [-0.1, -0.05) is 58.8 Å². The summed E-state index contributed by atoms with van der Waals surface area (Å²) in [5.74, 6) is 1.97. The Kier molecular flexibility index (Phi) is 3.96. The van der Waals surface area contributed by atoms with Crippen LogP contribution in [0.2, 0.25) is 0 Å². The van der Waals surface area contributed by atoms with Gasteiger partial charge in [-0.2, -0.15) is 0 Å².